The summed E-state index contributed by atoms with van der Waals surface area (Å²) in [5.74, 6) is -0.201. The number of rotatable bonds is 5. The molecule has 0 spiro atoms. The molecule has 5 heteroatoms. The van der Waals surface area contributed by atoms with Crippen molar-refractivity contribution in [2.45, 2.75) is 32.4 Å². The van der Waals surface area contributed by atoms with Crippen LogP contribution < -0.4 is 16.0 Å². The minimum atomic E-state index is -0.398. The lowest BCUT2D eigenvalue weighted by Gasteiger charge is -2.12. The molecule has 1 unspecified atom stereocenters. The average molecular weight is 261 g/mol. The molecule has 0 aliphatic carbocycles. The number of anilines is 1. The van der Waals surface area contributed by atoms with Crippen molar-refractivity contribution in [3.8, 4) is 0 Å². The first-order valence-electron chi connectivity index (χ1n) is 6.59. The van der Waals surface area contributed by atoms with Crippen LogP contribution in [0.15, 0.2) is 24.3 Å². The van der Waals surface area contributed by atoms with Gasteiger partial charge in [-0.25, -0.2) is 0 Å². The van der Waals surface area contributed by atoms with Crippen LogP contribution in [0.25, 0.3) is 0 Å². The second-order valence-electron chi connectivity index (χ2n) is 4.63. The lowest BCUT2D eigenvalue weighted by Crippen LogP contribution is -2.37. The van der Waals surface area contributed by atoms with Gasteiger partial charge in [0.25, 0.3) is 0 Å². The third-order valence-electron chi connectivity index (χ3n) is 3.09. The van der Waals surface area contributed by atoms with Crippen LogP contribution in [0.3, 0.4) is 0 Å². The molecule has 1 aliphatic rings. The highest BCUT2D eigenvalue weighted by atomic mass is 16.2. The molecular formula is C14H19N3O2. The molecule has 1 aliphatic heterocycles. The molecule has 1 aromatic rings. The van der Waals surface area contributed by atoms with E-state index in [-0.39, 0.29) is 11.8 Å². The monoisotopic (exact) mass is 261 g/mol. The number of hydrogen-bond donors (Lipinski definition) is 3. The van der Waals surface area contributed by atoms with Crippen LogP contribution in [0.1, 0.15) is 25.3 Å². The molecular weight excluding hydrogens is 242 g/mol. The summed E-state index contributed by atoms with van der Waals surface area (Å²) in [5, 5.41) is 8.74. The fourth-order valence-electron chi connectivity index (χ4n) is 2.07. The molecule has 0 saturated carbocycles. The molecule has 1 heterocycles. The van der Waals surface area contributed by atoms with E-state index in [0.29, 0.717) is 12.8 Å². The maximum Gasteiger partial charge on any atom is 0.246 e. The van der Waals surface area contributed by atoms with Crippen LogP contribution in [0, 0.1) is 0 Å². The quantitative estimate of drug-likeness (QED) is 0.741. The van der Waals surface area contributed by atoms with Crippen molar-refractivity contribution in [3.63, 3.8) is 0 Å². The molecule has 19 heavy (non-hydrogen) atoms. The van der Waals surface area contributed by atoms with Crippen molar-refractivity contribution in [1.82, 2.24) is 10.6 Å². The van der Waals surface area contributed by atoms with Gasteiger partial charge in [-0.15, -0.1) is 0 Å². The number of amides is 2. The smallest absolute Gasteiger partial charge is 0.246 e. The zero-order valence-electron chi connectivity index (χ0n) is 11.0. The van der Waals surface area contributed by atoms with E-state index < -0.39 is 6.04 Å². The lowest BCUT2D eigenvalue weighted by molar-refractivity contribution is -0.122. The van der Waals surface area contributed by atoms with E-state index in [2.05, 4.69) is 22.9 Å². The van der Waals surface area contributed by atoms with Crippen molar-refractivity contribution in [3.05, 3.63) is 29.8 Å². The number of nitrogens with one attached hydrogen (secondary N) is 3. The molecule has 0 aromatic heterocycles. The van der Waals surface area contributed by atoms with Gasteiger partial charge >= 0.3 is 0 Å². The van der Waals surface area contributed by atoms with E-state index >= 15 is 0 Å². The largest absolute Gasteiger partial charge is 0.344 e. The predicted molar refractivity (Wildman–Crippen MR) is 73.6 cm³/mol. The minimum Gasteiger partial charge on any atom is -0.344 e. The van der Waals surface area contributed by atoms with Gasteiger partial charge < -0.3 is 16.0 Å². The molecule has 0 bridgehead atoms. The SMILES string of the molecule is CCNCc1cccc(NC(=O)C2CCC(=O)N2)c1. The first-order valence-corrected chi connectivity index (χ1v) is 6.59. The number of hydrogen-bond acceptors (Lipinski definition) is 3. The van der Waals surface area contributed by atoms with Gasteiger partial charge in [-0.3, -0.25) is 9.59 Å². The molecule has 1 saturated heterocycles. The maximum absolute atomic E-state index is 11.9. The van der Waals surface area contributed by atoms with Gasteiger partial charge in [-0.05, 0) is 30.7 Å². The molecule has 2 amide bonds. The molecule has 1 aromatic carbocycles. The molecule has 102 valence electrons. The molecule has 2 rings (SSSR count). The van der Waals surface area contributed by atoms with E-state index in [4.69, 9.17) is 0 Å². The standard InChI is InChI=1S/C14H19N3O2/c1-2-15-9-10-4-3-5-11(8-10)16-14(19)12-6-7-13(18)17-12/h3-5,8,12,15H,2,6-7,9H2,1H3,(H,16,19)(H,17,18). The summed E-state index contributed by atoms with van der Waals surface area (Å²) in [6.45, 7) is 3.74. The summed E-state index contributed by atoms with van der Waals surface area (Å²) in [4.78, 5) is 23.0. The van der Waals surface area contributed by atoms with Crippen LogP contribution in [0.4, 0.5) is 5.69 Å². The summed E-state index contributed by atoms with van der Waals surface area (Å²) in [5.41, 5.74) is 1.89. The van der Waals surface area contributed by atoms with Gasteiger partial charge in [0.2, 0.25) is 11.8 Å². The zero-order valence-corrected chi connectivity index (χ0v) is 11.0. The Bertz CT molecular complexity index is 474. The Hall–Kier alpha value is -1.88. The average Bonchev–Trinajstić information content (AvgIpc) is 2.83. The Morgan fingerprint density at radius 2 is 2.32 bits per heavy atom. The Labute approximate surface area is 112 Å². The number of carbonyl (C=O) groups excluding carboxylic acids is 2. The van der Waals surface area contributed by atoms with E-state index in [1.54, 1.807) is 0 Å². The summed E-state index contributed by atoms with van der Waals surface area (Å²) < 4.78 is 0. The summed E-state index contributed by atoms with van der Waals surface area (Å²) in [7, 11) is 0. The van der Waals surface area contributed by atoms with Gasteiger partial charge in [0, 0.05) is 18.7 Å². The molecule has 3 N–H and O–H groups in total. The van der Waals surface area contributed by atoms with E-state index in [0.717, 1.165) is 24.3 Å². The van der Waals surface area contributed by atoms with E-state index in [1.165, 1.54) is 0 Å². The first-order chi connectivity index (χ1) is 9.19. The number of benzene rings is 1. The highest BCUT2D eigenvalue weighted by Crippen LogP contribution is 2.13. The molecule has 0 radical (unpaired) electrons. The second kappa shape index (κ2) is 6.33. The zero-order chi connectivity index (χ0) is 13.7. The minimum absolute atomic E-state index is 0.0546. The van der Waals surface area contributed by atoms with Gasteiger partial charge in [0.15, 0.2) is 0 Å². The van der Waals surface area contributed by atoms with Crippen LogP contribution in [0.5, 0.6) is 0 Å². The van der Waals surface area contributed by atoms with Gasteiger partial charge in [0.1, 0.15) is 6.04 Å². The first kappa shape index (κ1) is 13.5. The molecule has 5 nitrogen and oxygen atoms in total. The van der Waals surface area contributed by atoms with Crippen molar-refractivity contribution >= 4 is 17.5 Å². The van der Waals surface area contributed by atoms with Crippen molar-refractivity contribution in [2.24, 2.45) is 0 Å². The van der Waals surface area contributed by atoms with Crippen LogP contribution in [-0.4, -0.2) is 24.4 Å². The van der Waals surface area contributed by atoms with E-state index in [9.17, 15) is 9.59 Å². The van der Waals surface area contributed by atoms with Gasteiger partial charge in [-0.2, -0.15) is 0 Å². The fourth-order valence-corrected chi connectivity index (χ4v) is 2.07. The molecule has 1 atom stereocenters. The molecule has 1 fully saturated rings. The normalized spacial score (nSPS) is 18.2. The highest BCUT2D eigenvalue weighted by Gasteiger charge is 2.26. The number of carbonyl (C=O) groups is 2. The topological polar surface area (TPSA) is 70.2 Å². The maximum atomic E-state index is 11.9. The van der Waals surface area contributed by atoms with Gasteiger partial charge in [-0.1, -0.05) is 19.1 Å². The van der Waals surface area contributed by atoms with Crippen LogP contribution in [-0.2, 0) is 16.1 Å². The third kappa shape index (κ3) is 3.79. The van der Waals surface area contributed by atoms with Crippen molar-refractivity contribution < 1.29 is 9.59 Å². The Morgan fingerprint density at radius 1 is 1.47 bits per heavy atom. The summed E-state index contributed by atoms with van der Waals surface area (Å²) >= 11 is 0. The lowest BCUT2D eigenvalue weighted by atomic mass is 10.1. The van der Waals surface area contributed by atoms with Gasteiger partial charge in [0.05, 0.1) is 0 Å². The van der Waals surface area contributed by atoms with E-state index in [1.807, 2.05) is 24.3 Å². The Balaban J connectivity index is 1.94. The fraction of sp³-hybridized carbons (Fsp3) is 0.429. The predicted octanol–water partition coefficient (Wildman–Crippen LogP) is 1.01. The second-order valence-corrected chi connectivity index (χ2v) is 4.63. The Morgan fingerprint density at radius 3 is 3.00 bits per heavy atom. The third-order valence-corrected chi connectivity index (χ3v) is 3.09. The highest BCUT2D eigenvalue weighted by molar-refractivity contribution is 5.98. The van der Waals surface area contributed by atoms with Crippen molar-refractivity contribution in [1.29, 1.82) is 0 Å². The van der Waals surface area contributed by atoms with Crippen molar-refractivity contribution in [2.75, 3.05) is 11.9 Å². The summed E-state index contributed by atoms with van der Waals surface area (Å²) in [6.07, 6.45) is 1.00. The summed E-state index contributed by atoms with van der Waals surface area (Å²) in [6, 6.07) is 7.32. The Kier molecular flexibility index (Phi) is 4.52. The van der Waals surface area contributed by atoms with Crippen LogP contribution in [0.2, 0.25) is 0 Å². The van der Waals surface area contributed by atoms with Crippen LogP contribution >= 0.6 is 0 Å².